The van der Waals surface area contributed by atoms with Crippen molar-refractivity contribution in [2.75, 3.05) is 12.5 Å². The normalized spacial score (nSPS) is 10.7. The number of nitrogens with zero attached hydrogens (tertiary/aromatic N) is 2. The van der Waals surface area contributed by atoms with Gasteiger partial charge in [-0.1, -0.05) is 18.2 Å². The summed E-state index contributed by atoms with van der Waals surface area (Å²) in [6.07, 6.45) is 8.87. The van der Waals surface area contributed by atoms with Crippen LogP contribution in [0, 0.1) is 0 Å². The lowest BCUT2D eigenvalue weighted by Gasteiger charge is -2.06. The fourth-order valence-electron chi connectivity index (χ4n) is 1.47. The van der Waals surface area contributed by atoms with Crippen LogP contribution in [0.5, 0.6) is 5.75 Å². The van der Waals surface area contributed by atoms with Gasteiger partial charge in [-0.25, -0.2) is 0 Å². The molecule has 2 aromatic rings. The van der Waals surface area contributed by atoms with Gasteiger partial charge < -0.3 is 4.74 Å². The van der Waals surface area contributed by atoms with Crippen LogP contribution in [-0.4, -0.2) is 22.5 Å². The average Bonchev–Trinajstić information content (AvgIpc) is 2.45. The van der Waals surface area contributed by atoms with Crippen molar-refractivity contribution >= 4 is 23.8 Å². The quantitative estimate of drug-likeness (QED) is 0.774. The van der Waals surface area contributed by atoms with Crippen LogP contribution in [0.4, 0.5) is 0 Å². The molecule has 0 aliphatic heterocycles. The molecule has 0 spiro atoms. The predicted molar refractivity (Wildman–Crippen MR) is 73.6 cm³/mol. The van der Waals surface area contributed by atoms with Crippen LogP contribution in [-0.2, 0) is 0 Å². The number of hydrogen-bond acceptors (Lipinski definition) is 3. The minimum absolute atomic E-state index is 0.474. The Kier molecular flexibility index (Phi) is 4.73. The van der Waals surface area contributed by atoms with Crippen molar-refractivity contribution < 1.29 is 4.74 Å². The molecule has 0 saturated heterocycles. The third-order valence-electron chi connectivity index (χ3n) is 2.27. The van der Waals surface area contributed by atoms with Crippen LogP contribution in [0.2, 0.25) is 0 Å². The topological polar surface area (TPSA) is 35.0 Å². The Labute approximate surface area is 111 Å². The lowest BCUT2D eigenvalue weighted by atomic mass is 10.2. The molecule has 1 aromatic carbocycles. The number of rotatable bonds is 5. The predicted octanol–water partition coefficient (Wildman–Crippen LogP) is 3.26. The summed E-state index contributed by atoms with van der Waals surface area (Å²) >= 11 is 5.62. The molecule has 0 aliphatic carbocycles. The maximum atomic E-state index is 5.62. The van der Waals surface area contributed by atoms with Crippen molar-refractivity contribution in [1.82, 2.24) is 9.97 Å². The first kappa shape index (κ1) is 12.6. The van der Waals surface area contributed by atoms with E-state index < -0.39 is 0 Å². The molecule has 18 heavy (non-hydrogen) atoms. The number of halogens is 1. The molecule has 0 bridgehead atoms. The van der Waals surface area contributed by atoms with Gasteiger partial charge in [0.25, 0.3) is 0 Å². The highest BCUT2D eigenvalue weighted by Crippen LogP contribution is 2.20. The Morgan fingerprint density at radius 1 is 1.17 bits per heavy atom. The van der Waals surface area contributed by atoms with Gasteiger partial charge in [-0.2, -0.15) is 0 Å². The van der Waals surface area contributed by atoms with Gasteiger partial charge in [-0.05, 0) is 18.2 Å². The van der Waals surface area contributed by atoms with E-state index in [-0.39, 0.29) is 0 Å². The van der Waals surface area contributed by atoms with Gasteiger partial charge in [0.1, 0.15) is 12.4 Å². The highest BCUT2D eigenvalue weighted by molar-refractivity contribution is 6.18. The zero-order chi connectivity index (χ0) is 12.6. The van der Waals surface area contributed by atoms with Crippen molar-refractivity contribution in [2.45, 2.75) is 0 Å². The van der Waals surface area contributed by atoms with Crippen molar-refractivity contribution in [3.05, 3.63) is 54.1 Å². The van der Waals surface area contributed by atoms with E-state index in [4.69, 9.17) is 16.3 Å². The number of benzene rings is 1. The van der Waals surface area contributed by atoms with Crippen LogP contribution in [0.25, 0.3) is 12.2 Å². The van der Waals surface area contributed by atoms with E-state index in [1.165, 1.54) is 0 Å². The van der Waals surface area contributed by atoms with Gasteiger partial charge in [-0.3, -0.25) is 9.97 Å². The molecule has 0 atom stereocenters. The fourth-order valence-corrected chi connectivity index (χ4v) is 1.55. The van der Waals surface area contributed by atoms with E-state index in [0.717, 1.165) is 17.0 Å². The maximum Gasteiger partial charge on any atom is 0.126 e. The van der Waals surface area contributed by atoms with E-state index in [2.05, 4.69) is 9.97 Å². The van der Waals surface area contributed by atoms with Crippen LogP contribution < -0.4 is 4.74 Å². The molecule has 0 amide bonds. The summed E-state index contributed by atoms with van der Waals surface area (Å²) in [6, 6.07) is 7.80. The molecule has 4 heteroatoms. The lowest BCUT2D eigenvalue weighted by molar-refractivity contribution is 0.342. The summed E-state index contributed by atoms with van der Waals surface area (Å²) < 4.78 is 5.56. The van der Waals surface area contributed by atoms with Crippen molar-refractivity contribution in [2.24, 2.45) is 0 Å². The third kappa shape index (κ3) is 3.57. The van der Waals surface area contributed by atoms with Gasteiger partial charge in [0.2, 0.25) is 0 Å². The largest absolute Gasteiger partial charge is 0.492 e. The summed E-state index contributed by atoms with van der Waals surface area (Å²) in [4.78, 5) is 8.18. The van der Waals surface area contributed by atoms with Gasteiger partial charge in [-0.15, -0.1) is 11.6 Å². The number of hydrogen-bond donors (Lipinski definition) is 0. The van der Waals surface area contributed by atoms with E-state index in [0.29, 0.717) is 12.5 Å². The molecular formula is C14H13ClN2O. The standard InChI is InChI=1S/C14H13ClN2O/c15-7-10-18-14-4-2-1-3-12(14)5-6-13-11-16-8-9-17-13/h1-6,8-9,11H,7,10H2/b6-5+. The van der Waals surface area contributed by atoms with Crippen molar-refractivity contribution in [3.63, 3.8) is 0 Å². The fraction of sp³-hybridized carbons (Fsp3) is 0.143. The van der Waals surface area contributed by atoms with Crippen molar-refractivity contribution in [1.29, 1.82) is 0 Å². The lowest BCUT2D eigenvalue weighted by Crippen LogP contribution is -1.99. The Morgan fingerprint density at radius 2 is 2.06 bits per heavy atom. The number of para-hydroxylation sites is 1. The molecular weight excluding hydrogens is 248 g/mol. The molecule has 0 aliphatic rings. The molecule has 0 unspecified atom stereocenters. The average molecular weight is 261 g/mol. The SMILES string of the molecule is ClCCOc1ccccc1/C=C/c1cnccn1. The van der Waals surface area contributed by atoms with Crippen molar-refractivity contribution in [3.8, 4) is 5.75 Å². The Bertz CT molecular complexity index is 514. The summed E-state index contributed by atoms with van der Waals surface area (Å²) in [5, 5.41) is 0. The van der Waals surface area contributed by atoms with Crippen LogP contribution in [0.15, 0.2) is 42.9 Å². The first-order chi connectivity index (χ1) is 8.90. The second-order valence-electron chi connectivity index (χ2n) is 3.54. The zero-order valence-electron chi connectivity index (χ0n) is 9.79. The van der Waals surface area contributed by atoms with Crippen LogP contribution in [0.1, 0.15) is 11.3 Å². The first-order valence-electron chi connectivity index (χ1n) is 5.62. The van der Waals surface area contributed by atoms with E-state index in [1.54, 1.807) is 18.6 Å². The third-order valence-corrected chi connectivity index (χ3v) is 2.42. The smallest absolute Gasteiger partial charge is 0.126 e. The number of ether oxygens (including phenoxy) is 1. The molecule has 2 rings (SSSR count). The molecule has 1 aromatic heterocycles. The minimum Gasteiger partial charge on any atom is -0.492 e. The van der Waals surface area contributed by atoms with Gasteiger partial charge in [0.05, 0.1) is 17.8 Å². The number of alkyl halides is 1. The second-order valence-corrected chi connectivity index (χ2v) is 3.92. The Morgan fingerprint density at radius 3 is 2.83 bits per heavy atom. The minimum atomic E-state index is 0.474. The van der Waals surface area contributed by atoms with E-state index >= 15 is 0 Å². The summed E-state index contributed by atoms with van der Waals surface area (Å²) in [5.41, 5.74) is 1.80. The highest BCUT2D eigenvalue weighted by atomic mass is 35.5. The monoisotopic (exact) mass is 260 g/mol. The summed E-state index contributed by atoms with van der Waals surface area (Å²) in [7, 11) is 0. The zero-order valence-corrected chi connectivity index (χ0v) is 10.5. The van der Waals surface area contributed by atoms with Gasteiger partial charge in [0.15, 0.2) is 0 Å². The van der Waals surface area contributed by atoms with Gasteiger partial charge >= 0.3 is 0 Å². The maximum absolute atomic E-state index is 5.62. The summed E-state index contributed by atoms with van der Waals surface area (Å²) in [5.74, 6) is 1.29. The Balaban J connectivity index is 2.15. The highest BCUT2D eigenvalue weighted by Gasteiger charge is 1.99. The van der Waals surface area contributed by atoms with E-state index in [1.807, 2.05) is 36.4 Å². The number of aromatic nitrogens is 2. The van der Waals surface area contributed by atoms with Gasteiger partial charge in [0, 0.05) is 18.0 Å². The molecule has 0 fully saturated rings. The molecule has 0 saturated carbocycles. The molecule has 3 nitrogen and oxygen atoms in total. The van der Waals surface area contributed by atoms with Crippen LogP contribution >= 0.6 is 11.6 Å². The van der Waals surface area contributed by atoms with Crippen LogP contribution in [0.3, 0.4) is 0 Å². The molecule has 92 valence electrons. The molecule has 0 N–H and O–H groups in total. The summed E-state index contributed by atoms with van der Waals surface area (Å²) in [6.45, 7) is 0.498. The first-order valence-corrected chi connectivity index (χ1v) is 6.15. The second kappa shape index (κ2) is 6.77. The Hall–Kier alpha value is -1.87. The molecule has 1 heterocycles. The molecule has 0 radical (unpaired) electrons. The van der Waals surface area contributed by atoms with E-state index in [9.17, 15) is 0 Å².